The Morgan fingerprint density at radius 2 is 2.00 bits per heavy atom. The minimum Gasteiger partial charge on any atom is -0.385 e. The molecule has 0 aliphatic rings. The van der Waals surface area contributed by atoms with Crippen molar-refractivity contribution >= 4 is 11.5 Å². The van der Waals surface area contributed by atoms with Gasteiger partial charge in [-0.3, -0.25) is 0 Å². The highest BCUT2D eigenvalue weighted by molar-refractivity contribution is 5.58. The number of anilines is 1. The zero-order valence-electron chi connectivity index (χ0n) is 10.8. The van der Waals surface area contributed by atoms with Gasteiger partial charge < -0.3 is 5.32 Å². The van der Waals surface area contributed by atoms with Crippen LogP contribution < -0.4 is 5.32 Å². The number of rotatable bonds is 7. The fraction of sp³-hybridized carbons (Fsp3) is 0.667. The fourth-order valence-corrected chi connectivity index (χ4v) is 1.66. The number of azo groups is 1. The van der Waals surface area contributed by atoms with Crippen LogP contribution in [0.3, 0.4) is 0 Å². The largest absolute Gasteiger partial charge is 0.385 e. The van der Waals surface area contributed by atoms with Crippen molar-refractivity contribution in [1.82, 2.24) is 10.2 Å². The molecule has 17 heavy (non-hydrogen) atoms. The number of hydrogen-bond donors (Lipinski definition) is 1. The van der Waals surface area contributed by atoms with Crippen LogP contribution in [0, 0.1) is 0 Å². The summed E-state index contributed by atoms with van der Waals surface area (Å²) in [5, 5.41) is 19.4. The summed E-state index contributed by atoms with van der Waals surface area (Å²) < 4.78 is 0. The Balaban J connectivity index is 2.72. The minimum atomic E-state index is 0.303. The molecule has 1 heterocycles. The van der Waals surface area contributed by atoms with Gasteiger partial charge in [0.15, 0.2) is 0 Å². The van der Waals surface area contributed by atoms with E-state index in [4.69, 9.17) is 0 Å². The first-order valence-corrected chi connectivity index (χ1v) is 6.22. The maximum absolute atomic E-state index is 4.36. The lowest BCUT2D eigenvalue weighted by Gasteiger charge is -2.08. The van der Waals surface area contributed by atoms with Crippen molar-refractivity contribution in [2.75, 3.05) is 12.4 Å². The smallest absolute Gasteiger partial charge is 0.218 e. The molecule has 0 amide bonds. The Hall–Kier alpha value is -1.52. The first-order chi connectivity index (χ1) is 8.31. The topological polar surface area (TPSA) is 62.5 Å². The van der Waals surface area contributed by atoms with Gasteiger partial charge in [-0.1, -0.05) is 26.7 Å². The second-order valence-corrected chi connectivity index (χ2v) is 3.97. The van der Waals surface area contributed by atoms with Gasteiger partial charge in [-0.05, 0) is 18.9 Å². The summed E-state index contributed by atoms with van der Waals surface area (Å²) in [4.78, 5) is 0. The number of nitrogens with zero attached hydrogens (tertiary/aromatic N) is 4. The van der Waals surface area contributed by atoms with Gasteiger partial charge in [0.25, 0.3) is 0 Å². The summed E-state index contributed by atoms with van der Waals surface area (Å²) in [6.45, 7) is 4.33. The number of aromatic nitrogens is 2. The SMILES string of the molecule is CCCC(CCC)N=Nc1nnccc1NC. The zero-order valence-corrected chi connectivity index (χ0v) is 10.8. The van der Waals surface area contributed by atoms with Gasteiger partial charge in [0.2, 0.25) is 5.82 Å². The standard InChI is InChI=1S/C12H21N5/c1-4-6-10(7-5-2)15-17-12-11(13-3)8-9-14-16-12/h8-10H,4-7H2,1-3H3,(H,13,14). The molecule has 5 heteroatoms. The number of hydrogen-bond acceptors (Lipinski definition) is 5. The highest BCUT2D eigenvalue weighted by atomic mass is 15.2. The molecule has 1 aromatic heterocycles. The molecule has 94 valence electrons. The van der Waals surface area contributed by atoms with Crippen molar-refractivity contribution in [2.45, 2.75) is 45.6 Å². The van der Waals surface area contributed by atoms with E-state index in [9.17, 15) is 0 Å². The molecule has 0 aliphatic carbocycles. The third-order valence-electron chi connectivity index (χ3n) is 2.53. The van der Waals surface area contributed by atoms with Crippen molar-refractivity contribution in [3.8, 4) is 0 Å². The van der Waals surface area contributed by atoms with Crippen molar-refractivity contribution in [2.24, 2.45) is 10.2 Å². The van der Waals surface area contributed by atoms with E-state index in [0.29, 0.717) is 11.9 Å². The van der Waals surface area contributed by atoms with Crippen LogP contribution in [0.15, 0.2) is 22.5 Å². The molecule has 0 saturated carbocycles. The van der Waals surface area contributed by atoms with Crippen LogP contribution >= 0.6 is 0 Å². The molecular formula is C12H21N5. The lowest BCUT2D eigenvalue weighted by atomic mass is 10.1. The van der Waals surface area contributed by atoms with Crippen LogP contribution in [0.5, 0.6) is 0 Å². The third-order valence-corrected chi connectivity index (χ3v) is 2.53. The summed E-state index contributed by atoms with van der Waals surface area (Å²) in [5.74, 6) is 0.562. The van der Waals surface area contributed by atoms with Crippen molar-refractivity contribution in [3.63, 3.8) is 0 Å². The molecule has 1 aromatic rings. The fourth-order valence-electron chi connectivity index (χ4n) is 1.66. The van der Waals surface area contributed by atoms with Crippen LogP contribution in [0.4, 0.5) is 11.5 Å². The van der Waals surface area contributed by atoms with E-state index in [1.165, 1.54) is 0 Å². The molecule has 5 nitrogen and oxygen atoms in total. The Kier molecular flexibility index (Phi) is 6.14. The second-order valence-electron chi connectivity index (χ2n) is 3.97. The predicted molar refractivity (Wildman–Crippen MR) is 69.7 cm³/mol. The lowest BCUT2D eigenvalue weighted by Crippen LogP contribution is -2.02. The summed E-state index contributed by atoms with van der Waals surface area (Å²) >= 11 is 0. The maximum atomic E-state index is 4.36. The van der Waals surface area contributed by atoms with E-state index in [1.54, 1.807) is 6.20 Å². The van der Waals surface area contributed by atoms with Crippen LogP contribution in [0.25, 0.3) is 0 Å². The molecule has 0 saturated heterocycles. The van der Waals surface area contributed by atoms with Gasteiger partial charge >= 0.3 is 0 Å². The molecule has 0 aromatic carbocycles. The Morgan fingerprint density at radius 3 is 2.59 bits per heavy atom. The van der Waals surface area contributed by atoms with Crippen molar-refractivity contribution < 1.29 is 0 Å². The number of nitrogens with one attached hydrogen (secondary N) is 1. The highest BCUT2D eigenvalue weighted by Gasteiger charge is 2.06. The van der Waals surface area contributed by atoms with Gasteiger partial charge in [0, 0.05) is 7.05 Å². The zero-order chi connectivity index (χ0) is 12.5. The highest BCUT2D eigenvalue weighted by Crippen LogP contribution is 2.21. The summed E-state index contributed by atoms with van der Waals surface area (Å²) in [7, 11) is 1.84. The van der Waals surface area contributed by atoms with Crippen molar-refractivity contribution in [3.05, 3.63) is 12.3 Å². The molecule has 0 aliphatic heterocycles. The minimum absolute atomic E-state index is 0.303. The van der Waals surface area contributed by atoms with Gasteiger partial charge in [-0.15, -0.1) is 10.2 Å². The van der Waals surface area contributed by atoms with Gasteiger partial charge in [-0.2, -0.15) is 10.2 Å². The Labute approximate surface area is 103 Å². The molecule has 0 bridgehead atoms. The first-order valence-electron chi connectivity index (χ1n) is 6.22. The molecule has 1 N–H and O–H groups in total. The molecule has 0 atom stereocenters. The molecule has 0 fully saturated rings. The quantitative estimate of drug-likeness (QED) is 0.735. The third kappa shape index (κ3) is 4.46. The van der Waals surface area contributed by atoms with E-state index in [2.05, 4.69) is 39.6 Å². The average molecular weight is 235 g/mol. The van der Waals surface area contributed by atoms with Crippen molar-refractivity contribution in [1.29, 1.82) is 0 Å². The predicted octanol–water partition coefficient (Wildman–Crippen LogP) is 3.57. The van der Waals surface area contributed by atoms with Crippen LogP contribution in [-0.4, -0.2) is 23.3 Å². The summed E-state index contributed by atoms with van der Waals surface area (Å²) in [5.41, 5.74) is 0.857. The maximum Gasteiger partial charge on any atom is 0.218 e. The molecule has 0 unspecified atom stereocenters. The summed E-state index contributed by atoms with van der Waals surface area (Å²) in [6, 6.07) is 2.15. The first kappa shape index (κ1) is 13.5. The Morgan fingerprint density at radius 1 is 1.29 bits per heavy atom. The molecule has 0 spiro atoms. The average Bonchev–Trinajstić information content (AvgIpc) is 2.37. The molecule has 1 rings (SSSR count). The second kappa shape index (κ2) is 7.70. The van der Waals surface area contributed by atoms with Gasteiger partial charge in [0.1, 0.15) is 0 Å². The van der Waals surface area contributed by atoms with Gasteiger partial charge in [0.05, 0.1) is 17.9 Å². The van der Waals surface area contributed by atoms with E-state index in [0.717, 1.165) is 31.4 Å². The monoisotopic (exact) mass is 235 g/mol. The van der Waals surface area contributed by atoms with E-state index in [-0.39, 0.29) is 0 Å². The normalized spacial score (nSPS) is 11.3. The van der Waals surface area contributed by atoms with E-state index < -0.39 is 0 Å². The van der Waals surface area contributed by atoms with Crippen LogP contribution in [-0.2, 0) is 0 Å². The Bertz CT molecular complexity index is 345. The van der Waals surface area contributed by atoms with Gasteiger partial charge in [-0.25, -0.2) is 0 Å². The summed E-state index contributed by atoms with van der Waals surface area (Å²) in [6.07, 6.45) is 6.05. The lowest BCUT2D eigenvalue weighted by molar-refractivity contribution is 0.536. The molecular weight excluding hydrogens is 214 g/mol. The molecule has 0 radical (unpaired) electrons. The van der Waals surface area contributed by atoms with Crippen LogP contribution in [0.2, 0.25) is 0 Å². The van der Waals surface area contributed by atoms with E-state index >= 15 is 0 Å². The van der Waals surface area contributed by atoms with Crippen LogP contribution in [0.1, 0.15) is 39.5 Å². The van der Waals surface area contributed by atoms with E-state index in [1.807, 2.05) is 13.1 Å².